The Kier molecular flexibility index (Phi) is 2.11. The first kappa shape index (κ1) is 8.99. The number of hydrogen-bond acceptors (Lipinski definition) is 2. The molecule has 1 fully saturated rings. The van der Waals surface area contributed by atoms with Crippen LogP contribution in [0.4, 0.5) is 9.18 Å². The maximum atomic E-state index is 12.6. The molecule has 2 atom stereocenters. The summed E-state index contributed by atoms with van der Waals surface area (Å²) in [5, 5.41) is 0. The lowest BCUT2D eigenvalue weighted by Gasteiger charge is -2.00. The molecule has 1 aliphatic carbocycles. The monoisotopic (exact) mass is 195 g/mol. The third-order valence-electron chi connectivity index (χ3n) is 2.30. The molecule has 0 radical (unpaired) electrons. The normalized spacial score (nSPS) is 24.4. The Bertz CT molecular complexity index is 350. The van der Waals surface area contributed by atoms with E-state index in [-0.39, 0.29) is 17.8 Å². The average Bonchev–Trinajstić information content (AvgIpc) is 2.84. The van der Waals surface area contributed by atoms with E-state index in [9.17, 15) is 9.18 Å². The van der Waals surface area contributed by atoms with Crippen molar-refractivity contribution in [2.45, 2.75) is 18.4 Å². The molecule has 1 aliphatic rings. The third-order valence-corrected chi connectivity index (χ3v) is 2.30. The Balaban J connectivity index is 1.99. The lowest BCUT2D eigenvalue weighted by Crippen LogP contribution is -2.14. The lowest BCUT2D eigenvalue weighted by molar-refractivity contribution is 0.147. The maximum Gasteiger partial charge on any atom is 0.404 e. The first-order valence-electron chi connectivity index (χ1n) is 4.38. The van der Waals surface area contributed by atoms with Crippen LogP contribution in [0.5, 0.6) is 0 Å². The molecule has 0 bridgehead atoms. The molecule has 1 amide bonds. The van der Waals surface area contributed by atoms with Crippen molar-refractivity contribution in [1.82, 2.24) is 0 Å². The van der Waals surface area contributed by atoms with E-state index in [1.165, 1.54) is 12.1 Å². The molecule has 4 heteroatoms. The van der Waals surface area contributed by atoms with Crippen LogP contribution >= 0.6 is 0 Å². The molecule has 14 heavy (non-hydrogen) atoms. The van der Waals surface area contributed by atoms with E-state index in [1.807, 2.05) is 0 Å². The van der Waals surface area contributed by atoms with Crippen LogP contribution in [-0.2, 0) is 4.74 Å². The summed E-state index contributed by atoms with van der Waals surface area (Å²) in [4.78, 5) is 10.4. The van der Waals surface area contributed by atoms with Gasteiger partial charge < -0.3 is 10.5 Å². The summed E-state index contributed by atoms with van der Waals surface area (Å²) in [6, 6.07) is 6.19. The van der Waals surface area contributed by atoms with Crippen molar-refractivity contribution < 1.29 is 13.9 Å². The number of carbonyl (C=O) groups is 1. The number of halogens is 1. The zero-order chi connectivity index (χ0) is 10.1. The topological polar surface area (TPSA) is 52.3 Å². The summed E-state index contributed by atoms with van der Waals surface area (Å²) in [5.41, 5.74) is 5.86. The van der Waals surface area contributed by atoms with Crippen LogP contribution in [0.15, 0.2) is 24.3 Å². The van der Waals surface area contributed by atoms with Gasteiger partial charge in [0.15, 0.2) is 0 Å². The number of nitrogens with two attached hydrogens (primary N) is 1. The molecule has 0 aliphatic heterocycles. The van der Waals surface area contributed by atoms with Gasteiger partial charge in [-0.1, -0.05) is 12.1 Å². The van der Waals surface area contributed by atoms with Gasteiger partial charge >= 0.3 is 6.09 Å². The zero-order valence-electron chi connectivity index (χ0n) is 7.44. The molecule has 2 N–H and O–H groups in total. The van der Waals surface area contributed by atoms with E-state index in [0.717, 1.165) is 12.0 Å². The van der Waals surface area contributed by atoms with Gasteiger partial charge in [0.1, 0.15) is 11.9 Å². The molecule has 3 nitrogen and oxygen atoms in total. The van der Waals surface area contributed by atoms with Crippen molar-refractivity contribution in [3.05, 3.63) is 35.6 Å². The molecule has 1 aromatic carbocycles. The quantitative estimate of drug-likeness (QED) is 0.781. The van der Waals surface area contributed by atoms with Crippen LogP contribution in [-0.4, -0.2) is 12.2 Å². The van der Waals surface area contributed by atoms with Crippen LogP contribution in [0.3, 0.4) is 0 Å². The Morgan fingerprint density at radius 3 is 2.64 bits per heavy atom. The Labute approximate surface area is 80.7 Å². The van der Waals surface area contributed by atoms with Crippen molar-refractivity contribution in [1.29, 1.82) is 0 Å². The molecule has 0 spiro atoms. The second-order valence-corrected chi connectivity index (χ2v) is 3.37. The highest BCUT2D eigenvalue weighted by molar-refractivity contribution is 5.65. The standard InChI is InChI=1S/C10H10FNO2/c11-7-3-1-6(2-4-7)8-5-9(8)14-10(12)13/h1-4,8-9H,5H2,(H2,12,13)/t8-,9+/m0/s1. The highest BCUT2D eigenvalue weighted by Crippen LogP contribution is 2.43. The smallest absolute Gasteiger partial charge is 0.404 e. The predicted octanol–water partition coefficient (Wildman–Crippen LogP) is 1.78. The molecule has 1 saturated carbocycles. The van der Waals surface area contributed by atoms with Crippen LogP contribution in [0, 0.1) is 5.82 Å². The fourth-order valence-electron chi connectivity index (χ4n) is 1.51. The fourth-order valence-corrected chi connectivity index (χ4v) is 1.51. The minimum Gasteiger partial charge on any atom is -0.446 e. The first-order valence-corrected chi connectivity index (χ1v) is 4.38. The Morgan fingerprint density at radius 2 is 2.07 bits per heavy atom. The van der Waals surface area contributed by atoms with Crippen molar-refractivity contribution in [2.75, 3.05) is 0 Å². The summed E-state index contributed by atoms with van der Waals surface area (Å²) in [6.07, 6.45) is -0.105. The second kappa shape index (κ2) is 3.29. The van der Waals surface area contributed by atoms with Gasteiger partial charge in [0.2, 0.25) is 0 Å². The van der Waals surface area contributed by atoms with Gasteiger partial charge in [-0.15, -0.1) is 0 Å². The van der Waals surface area contributed by atoms with Gasteiger partial charge in [-0.2, -0.15) is 0 Å². The summed E-state index contributed by atoms with van der Waals surface area (Å²) < 4.78 is 17.4. The van der Waals surface area contributed by atoms with Crippen LogP contribution < -0.4 is 5.73 Å². The number of hydrogen-bond donors (Lipinski definition) is 1. The Hall–Kier alpha value is -1.58. The molecule has 0 unspecified atom stereocenters. The summed E-state index contributed by atoms with van der Waals surface area (Å²) >= 11 is 0. The number of primary amides is 1. The van der Waals surface area contributed by atoms with Gasteiger partial charge in [-0.05, 0) is 24.1 Å². The minimum atomic E-state index is -0.750. The average molecular weight is 195 g/mol. The first-order chi connectivity index (χ1) is 6.66. The molecule has 0 heterocycles. The zero-order valence-corrected chi connectivity index (χ0v) is 7.44. The number of carbonyl (C=O) groups excluding carboxylic acids is 1. The summed E-state index contributed by atoms with van der Waals surface area (Å²) in [7, 11) is 0. The van der Waals surface area contributed by atoms with Crippen LogP contribution in [0.1, 0.15) is 17.9 Å². The van der Waals surface area contributed by atoms with Crippen molar-refractivity contribution >= 4 is 6.09 Å². The highest BCUT2D eigenvalue weighted by atomic mass is 19.1. The molecular formula is C10H10FNO2. The van der Waals surface area contributed by atoms with E-state index >= 15 is 0 Å². The van der Waals surface area contributed by atoms with Crippen LogP contribution in [0.25, 0.3) is 0 Å². The van der Waals surface area contributed by atoms with E-state index in [0.29, 0.717) is 0 Å². The number of ether oxygens (including phenoxy) is 1. The Morgan fingerprint density at radius 1 is 1.43 bits per heavy atom. The fraction of sp³-hybridized carbons (Fsp3) is 0.300. The van der Waals surface area contributed by atoms with E-state index < -0.39 is 6.09 Å². The molecule has 2 rings (SSSR count). The lowest BCUT2D eigenvalue weighted by atomic mass is 10.1. The molecule has 0 aromatic heterocycles. The second-order valence-electron chi connectivity index (χ2n) is 3.37. The van der Waals surface area contributed by atoms with Gasteiger partial charge in [0.05, 0.1) is 0 Å². The van der Waals surface area contributed by atoms with Gasteiger partial charge in [0.25, 0.3) is 0 Å². The van der Waals surface area contributed by atoms with Crippen LogP contribution in [0.2, 0.25) is 0 Å². The van der Waals surface area contributed by atoms with Gasteiger partial charge in [-0.3, -0.25) is 0 Å². The van der Waals surface area contributed by atoms with E-state index in [1.54, 1.807) is 12.1 Å². The third kappa shape index (κ3) is 1.84. The summed E-state index contributed by atoms with van der Waals surface area (Å²) in [6.45, 7) is 0. The van der Waals surface area contributed by atoms with E-state index in [2.05, 4.69) is 0 Å². The van der Waals surface area contributed by atoms with Crippen molar-refractivity contribution in [2.24, 2.45) is 5.73 Å². The predicted molar refractivity (Wildman–Crippen MR) is 48.2 cm³/mol. The molecule has 74 valence electrons. The van der Waals surface area contributed by atoms with Crippen molar-refractivity contribution in [3.63, 3.8) is 0 Å². The number of rotatable bonds is 2. The van der Waals surface area contributed by atoms with Gasteiger partial charge in [-0.25, -0.2) is 9.18 Å². The number of amides is 1. The summed E-state index contributed by atoms with van der Waals surface area (Å²) in [5.74, 6) is -0.0788. The number of benzene rings is 1. The SMILES string of the molecule is NC(=O)O[C@@H]1C[C@H]1c1ccc(F)cc1. The van der Waals surface area contributed by atoms with Gasteiger partial charge in [0, 0.05) is 5.92 Å². The highest BCUT2D eigenvalue weighted by Gasteiger charge is 2.41. The molecular weight excluding hydrogens is 185 g/mol. The molecule has 0 saturated heterocycles. The maximum absolute atomic E-state index is 12.6. The van der Waals surface area contributed by atoms with Crippen molar-refractivity contribution in [3.8, 4) is 0 Å². The van der Waals surface area contributed by atoms with E-state index in [4.69, 9.17) is 10.5 Å². The largest absolute Gasteiger partial charge is 0.446 e. The minimum absolute atomic E-state index is 0.127. The molecule has 1 aromatic rings.